The number of hydrogen-bond acceptors (Lipinski definition) is 4. The molecule has 1 N–H and O–H groups in total. The van der Waals surface area contributed by atoms with Crippen molar-refractivity contribution in [3.63, 3.8) is 0 Å². The van der Waals surface area contributed by atoms with Crippen LogP contribution in [0.25, 0.3) is 11.2 Å². The third-order valence-electron chi connectivity index (χ3n) is 3.64. The number of anilines is 1. The molecule has 3 aromatic rings. The molecular formula is C16H14N4O. The molecule has 5 nitrogen and oxygen atoms in total. The van der Waals surface area contributed by atoms with E-state index in [4.69, 9.17) is 4.74 Å². The van der Waals surface area contributed by atoms with Crippen molar-refractivity contribution in [2.45, 2.75) is 0 Å². The van der Waals surface area contributed by atoms with E-state index in [-0.39, 0.29) is 0 Å². The summed E-state index contributed by atoms with van der Waals surface area (Å²) in [6.45, 7) is 0.754. The van der Waals surface area contributed by atoms with E-state index in [0.29, 0.717) is 5.88 Å². The molecule has 104 valence electrons. The Labute approximate surface area is 121 Å². The molecule has 0 aromatic carbocycles. The topological polar surface area (TPSA) is 51.5 Å². The van der Waals surface area contributed by atoms with Gasteiger partial charge in [-0.15, -0.1) is 0 Å². The highest BCUT2D eigenvalue weighted by Gasteiger charge is 2.16. The molecule has 0 atom stereocenters. The predicted octanol–water partition coefficient (Wildman–Crippen LogP) is 2.60. The van der Waals surface area contributed by atoms with Gasteiger partial charge in [0.25, 0.3) is 0 Å². The summed E-state index contributed by atoms with van der Waals surface area (Å²) in [7, 11) is 1.63. The molecule has 0 bridgehead atoms. The number of nitrogens with one attached hydrogen (secondary N) is 1. The smallest absolute Gasteiger partial charge is 0.214 e. The van der Waals surface area contributed by atoms with Gasteiger partial charge in [0.1, 0.15) is 11.5 Å². The van der Waals surface area contributed by atoms with Gasteiger partial charge in [-0.2, -0.15) is 4.98 Å². The van der Waals surface area contributed by atoms with Crippen LogP contribution in [0.2, 0.25) is 0 Å². The number of imidazole rings is 1. The van der Waals surface area contributed by atoms with Gasteiger partial charge in [0.2, 0.25) is 5.88 Å². The molecule has 0 unspecified atom stereocenters. The Kier molecular flexibility index (Phi) is 2.64. The lowest BCUT2D eigenvalue weighted by Crippen LogP contribution is -2.11. The molecule has 0 fully saturated rings. The third kappa shape index (κ3) is 1.94. The van der Waals surface area contributed by atoms with E-state index in [9.17, 15) is 0 Å². The zero-order chi connectivity index (χ0) is 14.2. The molecule has 0 saturated heterocycles. The SMILES string of the molecule is COc1ccc2c(n1)NCC=C2c1ccc2nccn2c1. The Bertz CT molecular complexity index is 850. The zero-order valence-electron chi connectivity index (χ0n) is 11.6. The van der Waals surface area contributed by atoms with E-state index in [1.54, 1.807) is 13.3 Å². The second kappa shape index (κ2) is 4.63. The summed E-state index contributed by atoms with van der Waals surface area (Å²) in [6.07, 6.45) is 8.02. The summed E-state index contributed by atoms with van der Waals surface area (Å²) < 4.78 is 7.21. The van der Waals surface area contributed by atoms with E-state index >= 15 is 0 Å². The number of nitrogens with zero attached hydrogens (tertiary/aromatic N) is 3. The lowest BCUT2D eigenvalue weighted by molar-refractivity contribution is 0.398. The van der Waals surface area contributed by atoms with Crippen LogP contribution in [0.3, 0.4) is 0 Å². The third-order valence-corrected chi connectivity index (χ3v) is 3.64. The lowest BCUT2D eigenvalue weighted by Gasteiger charge is -2.19. The van der Waals surface area contributed by atoms with Crippen LogP contribution in [0.15, 0.2) is 48.9 Å². The fourth-order valence-electron chi connectivity index (χ4n) is 2.62. The molecule has 4 rings (SSSR count). The van der Waals surface area contributed by atoms with E-state index in [1.807, 2.05) is 28.8 Å². The Balaban J connectivity index is 1.84. The quantitative estimate of drug-likeness (QED) is 0.783. The highest BCUT2D eigenvalue weighted by Crippen LogP contribution is 2.32. The van der Waals surface area contributed by atoms with E-state index in [1.165, 1.54) is 5.57 Å². The number of ether oxygens (including phenoxy) is 1. The monoisotopic (exact) mass is 278 g/mol. The van der Waals surface area contributed by atoms with Crippen molar-refractivity contribution < 1.29 is 4.74 Å². The number of aromatic nitrogens is 3. The molecule has 0 saturated carbocycles. The highest BCUT2D eigenvalue weighted by atomic mass is 16.5. The van der Waals surface area contributed by atoms with Crippen molar-refractivity contribution in [2.75, 3.05) is 19.0 Å². The molecule has 21 heavy (non-hydrogen) atoms. The van der Waals surface area contributed by atoms with Crippen molar-refractivity contribution in [3.05, 3.63) is 60.1 Å². The van der Waals surface area contributed by atoms with Crippen LogP contribution in [0, 0.1) is 0 Å². The van der Waals surface area contributed by atoms with Crippen LogP contribution in [-0.4, -0.2) is 28.0 Å². The summed E-state index contributed by atoms with van der Waals surface area (Å²) in [5, 5.41) is 3.28. The van der Waals surface area contributed by atoms with Gasteiger partial charge in [0.15, 0.2) is 0 Å². The molecule has 1 aliphatic rings. The first-order valence-corrected chi connectivity index (χ1v) is 6.78. The van der Waals surface area contributed by atoms with E-state index in [2.05, 4.69) is 33.6 Å². The number of methoxy groups -OCH3 is 1. The Hall–Kier alpha value is -2.82. The van der Waals surface area contributed by atoms with Crippen LogP contribution in [0.1, 0.15) is 11.1 Å². The van der Waals surface area contributed by atoms with Gasteiger partial charge in [-0.25, -0.2) is 4.98 Å². The van der Waals surface area contributed by atoms with E-state index in [0.717, 1.165) is 29.1 Å². The standard InChI is InChI=1S/C16H14N4O/c1-21-15-5-3-13-12(6-7-18-16(13)19-15)11-2-4-14-17-8-9-20(14)10-11/h2-6,8-10H,7H2,1H3,(H,18,19). The summed E-state index contributed by atoms with van der Waals surface area (Å²) in [4.78, 5) is 8.74. The fraction of sp³-hybridized carbons (Fsp3) is 0.125. The largest absolute Gasteiger partial charge is 0.481 e. The summed E-state index contributed by atoms with van der Waals surface area (Å²) in [5.41, 5.74) is 4.35. The van der Waals surface area contributed by atoms with E-state index < -0.39 is 0 Å². The summed E-state index contributed by atoms with van der Waals surface area (Å²) >= 11 is 0. The van der Waals surface area contributed by atoms with Crippen molar-refractivity contribution in [3.8, 4) is 5.88 Å². The van der Waals surface area contributed by atoms with Crippen molar-refractivity contribution in [1.29, 1.82) is 0 Å². The Morgan fingerprint density at radius 2 is 2.19 bits per heavy atom. The summed E-state index contributed by atoms with van der Waals surface area (Å²) in [5.74, 6) is 1.48. The van der Waals surface area contributed by atoms with Gasteiger partial charge in [0.05, 0.1) is 7.11 Å². The minimum absolute atomic E-state index is 0.618. The fourth-order valence-corrected chi connectivity index (χ4v) is 2.62. The molecule has 0 spiro atoms. The number of hydrogen-bond donors (Lipinski definition) is 1. The molecule has 1 aliphatic heterocycles. The van der Waals surface area contributed by atoms with Gasteiger partial charge < -0.3 is 14.5 Å². The molecular weight excluding hydrogens is 264 g/mol. The Morgan fingerprint density at radius 3 is 3.10 bits per heavy atom. The van der Waals surface area contributed by atoms with Gasteiger partial charge in [-0.3, -0.25) is 0 Å². The summed E-state index contributed by atoms with van der Waals surface area (Å²) in [6, 6.07) is 8.04. The van der Waals surface area contributed by atoms with Gasteiger partial charge >= 0.3 is 0 Å². The van der Waals surface area contributed by atoms with Crippen LogP contribution in [0.5, 0.6) is 5.88 Å². The molecule has 4 heterocycles. The number of pyridine rings is 2. The number of fused-ring (bicyclic) bond motifs is 2. The maximum atomic E-state index is 5.19. The van der Waals surface area contributed by atoms with Gasteiger partial charge in [-0.05, 0) is 29.3 Å². The average Bonchev–Trinajstić information content (AvgIpc) is 3.01. The van der Waals surface area contributed by atoms with Gasteiger partial charge in [-0.1, -0.05) is 6.08 Å². The first-order valence-electron chi connectivity index (χ1n) is 6.78. The maximum absolute atomic E-state index is 5.19. The average molecular weight is 278 g/mol. The highest BCUT2D eigenvalue weighted by molar-refractivity contribution is 5.87. The second-order valence-corrected chi connectivity index (χ2v) is 4.86. The molecule has 0 amide bonds. The maximum Gasteiger partial charge on any atom is 0.214 e. The second-order valence-electron chi connectivity index (χ2n) is 4.86. The molecule has 0 aliphatic carbocycles. The predicted molar refractivity (Wildman–Crippen MR) is 81.5 cm³/mol. The minimum atomic E-state index is 0.618. The normalized spacial score (nSPS) is 13.5. The molecule has 0 radical (unpaired) electrons. The van der Waals surface area contributed by atoms with Crippen molar-refractivity contribution in [1.82, 2.24) is 14.4 Å². The molecule has 3 aromatic heterocycles. The van der Waals surface area contributed by atoms with Crippen LogP contribution >= 0.6 is 0 Å². The zero-order valence-corrected chi connectivity index (χ0v) is 11.6. The van der Waals surface area contributed by atoms with Crippen LogP contribution in [-0.2, 0) is 0 Å². The van der Waals surface area contributed by atoms with Crippen LogP contribution < -0.4 is 10.1 Å². The lowest BCUT2D eigenvalue weighted by atomic mass is 9.97. The van der Waals surface area contributed by atoms with Crippen molar-refractivity contribution >= 4 is 17.0 Å². The first kappa shape index (κ1) is 12.0. The number of rotatable bonds is 2. The minimum Gasteiger partial charge on any atom is -0.481 e. The molecule has 5 heteroatoms. The Morgan fingerprint density at radius 1 is 1.24 bits per heavy atom. The van der Waals surface area contributed by atoms with Crippen LogP contribution in [0.4, 0.5) is 5.82 Å². The van der Waals surface area contributed by atoms with Gasteiger partial charge in [0, 0.05) is 36.8 Å². The first-order chi connectivity index (χ1) is 10.3. The van der Waals surface area contributed by atoms with Crippen molar-refractivity contribution in [2.24, 2.45) is 0 Å².